The predicted molar refractivity (Wildman–Crippen MR) is 71.6 cm³/mol. The van der Waals surface area contributed by atoms with Gasteiger partial charge in [-0.15, -0.1) is 6.58 Å². The van der Waals surface area contributed by atoms with Gasteiger partial charge in [-0.25, -0.2) is 0 Å². The van der Waals surface area contributed by atoms with Crippen molar-refractivity contribution in [1.29, 1.82) is 0 Å². The van der Waals surface area contributed by atoms with Crippen LogP contribution < -0.4 is 5.32 Å². The van der Waals surface area contributed by atoms with Gasteiger partial charge in [-0.1, -0.05) is 42.8 Å². The Balaban J connectivity index is 2.66. The first kappa shape index (κ1) is 13.0. The Kier molecular flexibility index (Phi) is 5.87. The number of allylic oxidation sites excluding steroid dienone is 1. The first-order valence-electron chi connectivity index (χ1n) is 6.18. The molecule has 0 aliphatic carbocycles. The summed E-state index contributed by atoms with van der Waals surface area (Å²) in [5, 5.41) is 3.59. The van der Waals surface area contributed by atoms with E-state index in [0.29, 0.717) is 6.04 Å². The fourth-order valence-corrected chi connectivity index (χ4v) is 1.79. The maximum Gasteiger partial charge on any atom is 0.0323 e. The van der Waals surface area contributed by atoms with Crippen molar-refractivity contribution in [2.24, 2.45) is 0 Å². The minimum Gasteiger partial charge on any atom is -0.310 e. The molecule has 1 nitrogen and oxygen atoms in total. The minimum atomic E-state index is 0.471. The van der Waals surface area contributed by atoms with E-state index in [1.54, 1.807) is 0 Å². The van der Waals surface area contributed by atoms with Crippen LogP contribution in [0, 0.1) is 6.92 Å². The number of benzene rings is 1. The normalized spacial score (nSPS) is 12.4. The Labute approximate surface area is 99.6 Å². The first-order valence-corrected chi connectivity index (χ1v) is 6.18. The van der Waals surface area contributed by atoms with E-state index in [2.05, 4.69) is 50.0 Å². The third kappa shape index (κ3) is 4.19. The highest BCUT2D eigenvalue weighted by Crippen LogP contribution is 2.19. The van der Waals surface area contributed by atoms with Gasteiger partial charge in [-0.05, 0) is 38.3 Å². The van der Waals surface area contributed by atoms with Gasteiger partial charge in [0.25, 0.3) is 0 Å². The molecule has 0 heterocycles. The van der Waals surface area contributed by atoms with E-state index in [-0.39, 0.29) is 0 Å². The van der Waals surface area contributed by atoms with Crippen LogP contribution in [-0.4, -0.2) is 6.54 Å². The van der Waals surface area contributed by atoms with E-state index >= 15 is 0 Å². The van der Waals surface area contributed by atoms with Gasteiger partial charge >= 0.3 is 0 Å². The molecule has 0 saturated heterocycles. The zero-order valence-electron chi connectivity index (χ0n) is 10.5. The molecule has 0 aromatic heterocycles. The number of nitrogens with one attached hydrogen (secondary N) is 1. The van der Waals surface area contributed by atoms with E-state index in [9.17, 15) is 0 Å². The summed E-state index contributed by atoms with van der Waals surface area (Å²) in [6.45, 7) is 9.20. The molecule has 1 N–H and O–H groups in total. The Morgan fingerprint density at radius 2 is 2.00 bits per heavy atom. The van der Waals surface area contributed by atoms with Crippen LogP contribution in [0.2, 0.25) is 0 Å². The molecule has 0 aliphatic heterocycles. The van der Waals surface area contributed by atoms with E-state index in [1.807, 2.05) is 6.08 Å². The lowest BCUT2D eigenvalue weighted by Crippen LogP contribution is -2.21. The smallest absolute Gasteiger partial charge is 0.0323 e. The average molecular weight is 217 g/mol. The van der Waals surface area contributed by atoms with E-state index in [4.69, 9.17) is 0 Å². The van der Waals surface area contributed by atoms with Crippen molar-refractivity contribution in [1.82, 2.24) is 5.32 Å². The van der Waals surface area contributed by atoms with Crippen LogP contribution in [-0.2, 0) is 0 Å². The first-order chi connectivity index (χ1) is 7.77. The summed E-state index contributed by atoms with van der Waals surface area (Å²) < 4.78 is 0. The van der Waals surface area contributed by atoms with Crippen LogP contribution in [0.1, 0.15) is 43.4 Å². The van der Waals surface area contributed by atoms with Crippen molar-refractivity contribution < 1.29 is 0 Å². The lowest BCUT2D eigenvalue weighted by atomic mass is 10.0. The molecule has 1 unspecified atom stereocenters. The Hall–Kier alpha value is -1.08. The molecule has 1 heteroatoms. The van der Waals surface area contributed by atoms with Crippen LogP contribution >= 0.6 is 0 Å². The second kappa shape index (κ2) is 7.24. The Morgan fingerprint density at radius 3 is 2.56 bits per heavy atom. The van der Waals surface area contributed by atoms with Crippen LogP contribution in [0.15, 0.2) is 36.9 Å². The van der Waals surface area contributed by atoms with Gasteiger partial charge in [-0.3, -0.25) is 0 Å². The van der Waals surface area contributed by atoms with Crippen molar-refractivity contribution in [3.63, 3.8) is 0 Å². The molecule has 1 rings (SSSR count). The second-order valence-corrected chi connectivity index (χ2v) is 4.28. The van der Waals surface area contributed by atoms with Crippen LogP contribution in [0.5, 0.6) is 0 Å². The van der Waals surface area contributed by atoms with E-state index in [0.717, 1.165) is 19.4 Å². The molecule has 0 amide bonds. The van der Waals surface area contributed by atoms with Gasteiger partial charge in [0.2, 0.25) is 0 Å². The zero-order chi connectivity index (χ0) is 11.8. The summed E-state index contributed by atoms with van der Waals surface area (Å²) in [7, 11) is 0. The third-order valence-electron chi connectivity index (χ3n) is 2.78. The molecular weight excluding hydrogens is 194 g/mol. The summed E-state index contributed by atoms with van der Waals surface area (Å²) in [6, 6.07) is 9.30. The lowest BCUT2D eigenvalue weighted by molar-refractivity contribution is 0.503. The molecule has 0 spiro atoms. The molecule has 1 aromatic carbocycles. The van der Waals surface area contributed by atoms with Gasteiger partial charge in [0.05, 0.1) is 0 Å². The molecule has 0 radical (unpaired) electrons. The van der Waals surface area contributed by atoms with E-state index in [1.165, 1.54) is 17.5 Å². The zero-order valence-corrected chi connectivity index (χ0v) is 10.5. The standard InChI is InChI=1S/C15H23N/c1-4-6-7-15(16-12-5-2)14-10-8-13(3)9-11-14/h4,8-11,15-16H,1,5-7,12H2,2-3H3. The maximum absolute atomic E-state index is 3.79. The molecule has 0 saturated carbocycles. The highest BCUT2D eigenvalue weighted by atomic mass is 14.9. The topological polar surface area (TPSA) is 12.0 Å². The molecule has 16 heavy (non-hydrogen) atoms. The van der Waals surface area contributed by atoms with Crippen LogP contribution in [0.25, 0.3) is 0 Å². The monoisotopic (exact) mass is 217 g/mol. The van der Waals surface area contributed by atoms with Gasteiger partial charge < -0.3 is 5.32 Å². The second-order valence-electron chi connectivity index (χ2n) is 4.28. The van der Waals surface area contributed by atoms with Crippen molar-refractivity contribution in [2.45, 2.75) is 39.2 Å². The molecular formula is C15H23N. The Morgan fingerprint density at radius 1 is 1.31 bits per heavy atom. The highest BCUT2D eigenvalue weighted by molar-refractivity contribution is 5.24. The largest absolute Gasteiger partial charge is 0.310 e. The van der Waals surface area contributed by atoms with Crippen molar-refractivity contribution in [3.05, 3.63) is 48.0 Å². The molecule has 1 atom stereocenters. The van der Waals surface area contributed by atoms with Gasteiger partial charge in [0.1, 0.15) is 0 Å². The SMILES string of the molecule is C=CCCC(NCCC)c1ccc(C)cc1. The fraction of sp³-hybridized carbons (Fsp3) is 0.467. The van der Waals surface area contributed by atoms with Crippen molar-refractivity contribution >= 4 is 0 Å². The summed E-state index contributed by atoms with van der Waals surface area (Å²) >= 11 is 0. The molecule has 1 aromatic rings. The summed E-state index contributed by atoms with van der Waals surface area (Å²) in [5.74, 6) is 0. The maximum atomic E-state index is 3.79. The summed E-state index contributed by atoms with van der Waals surface area (Å²) in [6.07, 6.45) is 5.37. The number of hydrogen-bond donors (Lipinski definition) is 1. The van der Waals surface area contributed by atoms with Crippen LogP contribution in [0.4, 0.5) is 0 Å². The van der Waals surface area contributed by atoms with Gasteiger partial charge in [0, 0.05) is 6.04 Å². The fourth-order valence-electron chi connectivity index (χ4n) is 1.79. The van der Waals surface area contributed by atoms with Crippen molar-refractivity contribution in [2.75, 3.05) is 6.54 Å². The third-order valence-corrected chi connectivity index (χ3v) is 2.78. The number of rotatable bonds is 7. The molecule has 0 aliphatic rings. The molecule has 0 bridgehead atoms. The minimum absolute atomic E-state index is 0.471. The quantitative estimate of drug-likeness (QED) is 0.681. The molecule has 0 fully saturated rings. The predicted octanol–water partition coefficient (Wildman–Crippen LogP) is 4.00. The number of aryl methyl sites for hydroxylation is 1. The lowest BCUT2D eigenvalue weighted by Gasteiger charge is -2.18. The average Bonchev–Trinajstić information content (AvgIpc) is 2.31. The Bertz CT molecular complexity index is 300. The summed E-state index contributed by atoms with van der Waals surface area (Å²) in [4.78, 5) is 0. The highest BCUT2D eigenvalue weighted by Gasteiger charge is 2.08. The number of hydrogen-bond acceptors (Lipinski definition) is 1. The van der Waals surface area contributed by atoms with Crippen LogP contribution in [0.3, 0.4) is 0 Å². The van der Waals surface area contributed by atoms with Crippen molar-refractivity contribution in [3.8, 4) is 0 Å². The summed E-state index contributed by atoms with van der Waals surface area (Å²) in [5.41, 5.74) is 2.71. The van der Waals surface area contributed by atoms with Gasteiger partial charge in [0.15, 0.2) is 0 Å². The van der Waals surface area contributed by atoms with Gasteiger partial charge in [-0.2, -0.15) is 0 Å². The molecule has 88 valence electrons. The van der Waals surface area contributed by atoms with E-state index < -0.39 is 0 Å².